The first-order chi connectivity index (χ1) is 18.1. The molecule has 1 amide bonds. The molecule has 2 aromatic heterocycles. The quantitative estimate of drug-likeness (QED) is 0.404. The van der Waals surface area contributed by atoms with Crippen LogP contribution in [0.4, 0.5) is 24.7 Å². The van der Waals surface area contributed by atoms with Crippen LogP contribution in [0.2, 0.25) is 10.0 Å². The van der Waals surface area contributed by atoms with E-state index < -0.39 is 17.6 Å². The van der Waals surface area contributed by atoms with E-state index >= 15 is 0 Å². The average molecular weight is 560 g/mol. The monoisotopic (exact) mass is 559 g/mol. The third kappa shape index (κ3) is 5.30. The molecule has 0 bridgehead atoms. The number of likely N-dealkylation sites (tertiary alicyclic amines) is 1. The number of anilines is 2. The minimum Gasteiger partial charge on any atom is -0.352 e. The van der Waals surface area contributed by atoms with E-state index in [2.05, 4.69) is 26.1 Å². The molecule has 0 atom stereocenters. The first-order valence-electron chi connectivity index (χ1n) is 11.9. The fourth-order valence-corrected chi connectivity index (χ4v) is 5.21. The van der Waals surface area contributed by atoms with Crippen LogP contribution in [0.3, 0.4) is 0 Å². The fraction of sp³-hybridized carbons (Fsp3) is 0.296. The minimum atomic E-state index is -2.58. The zero-order valence-electron chi connectivity index (χ0n) is 20.0. The summed E-state index contributed by atoms with van der Waals surface area (Å²) in [4.78, 5) is 25.2. The predicted molar refractivity (Wildman–Crippen MR) is 142 cm³/mol. The van der Waals surface area contributed by atoms with Gasteiger partial charge < -0.3 is 10.2 Å². The number of hydrogen-bond acceptors (Lipinski definition) is 5. The lowest BCUT2D eigenvalue weighted by atomic mass is 10.00. The number of nitrogens with zero attached hydrogens (tertiary/aromatic N) is 4. The lowest BCUT2D eigenvalue weighted by Crippen LogP contribution is -2.61. The number of rotatable bonds is 5. The van der Waals surface area contributed by atoms with Crippen LogP contribution in [0.5, 0.6) is 0 Å². The van der Waals surface area contributed by atoms with E-state index in [1.54, 1.807) is 12.1 Å². The van der Waals surface area contributed by atoms with Gasteiger partial charge in [-0.15, -0.1) is 6.42 Å². The van der Waals surface area contributed by atoms with Gasteiger partial charge in [0.05, 0.1) is 33.1 Å². The van der Waals surface area contributed by atoms with Crippen molar-refractivity contribution < 1.29 is 18.0 Å². The highest BCUT2D eigenvalue weighted by atomic mass is 35.5. The third-order valence-electron chi connectivity index (χ3n) is 6.86. The lowest BCUT2D eigenvalue weighted by Gasteiger charge is -2.48. The fourth-order valence-electron chi connectivity index (χ4n) is 4.68. The molecule has 2 aliphatic heterocycles. The van der Waals surface area contributed by atoms with Gasteiger partial charge in [0.25, 0.3) is 11.8 Å². The summed E-state index contributed by atoms with van der Waals surface area (Å²) in [5.74, 6) is -0.884. The van der Waals surface area contributed by atoms with Gasteiger partial charge in [0.2, 0.25) is 0 Å². The molecule has 0 spiro atoms. The van der Waals surface area contributed by atoms with Crippen LogP contribution < -0.4 is 10.2 Å². The topological polar surface area (TPSA) is 61.4 Å². The van der Waals surface area contributed by atoms with Crippen LogP contribution in [-0.4, -0.2) is 58.9 Å². The molecule has 0 saturated carbocycles. The minimum absolute atomic E-state index is 0.0384. The number of carbonyl (C=O) groups excluding carboxylic acids is 1. The van der Waals surface area contributed by atoms with Crippen molar-refractivity contribution in [3.8, 4) is 23.5 Å². The number of halogens is 5. The number of aromatic nitrogens is 2. The smallest absolute Gasteiger partial charge is 0.257 e. The molecular weight excluding hydrogens is 538 g/mol. The van der Waals surface area contributed by atoms with E-state index in [9.17, 15) is 18.0 Å². The molecule has 2 fully saturated rings. The Bertz CT molecular complexity index is 1430. The second-order valence-corrected chi connectivity index (χ2v) is 10.1. The van der Waals surface area contributed by atoms with Gasteiger partial charge in [0.1, 0.15) is 11.6 Å². The summed E-state index contributed by atoms with van der Waals surface area (Å²) in [6, 6.07) is 5.69. The number of piperidine rings is 1. The molecule has 4 heterocycles. The van der Waals surface area contributed by atoms with E-state index in [-0.39, 0.29) is 35.0 Å². The number of benzene rings is 1. The highest BCUT2D eigenvalue weighted by Gasteiger charge is 2.40. The molecule has 5 rings (SSSR count). The molecule has 0 unspecified atom stereocenters. The number of pyridine rings is 2. The number of nitrogens with one attached hydrogen (secondary N) is 1. The van der Waals surface area contributed by atoms with Gasteiger partial charge in [0.15, 0.2) is 0 Å². The van der Waals surface area contributed by atoms with Crippen LogP contribution in [0.1, 0.15) is 28.8 Å². The Morgan fingerprint density at radius 3 is 2.53 bits per heavy atom. The first-order valence-corrected chi connectivity index (χ1v) is 12.6. The number of carbonyl (C=O) groups is 1. The van der Waals surface area contributed by atoms with E-state index in [1.165, 1.54) is 24.7 Å². The van der Waals surface area contributed by atoms with Crippen molar-refractivity contribution in [2.45, 2.75) is 24.8 Å². The molecule has 2 aliphatic rings. The zero-order valence-corrected chi connectivity index (χ0v) is 21.5. The molecule has 11 heteroatoms. The van der Waals surface area contributed by atoms with Gasteiger partial charge >= 0.3 is 0 Å². The summed E-state index contributed by atoms with van der Waals surface area (Å²) in [5, 5.41) is 3.00. The zero-order chi connectivity index (χ0) is 27.0. The van der Waals surface area contributed by atoms with Crippen molar-refractivity contribution in [2.75, 3.05) is 36.4 Å². The number of alkyl halides is 2. The second kappa shape index (κ2) is 10.4. The van der Waals surface area contributed by atoms with Gasteiger partial charge in [-0.1, -0.05) is 29.1 Å². The summed E-state index contributed by atoms with van der Waals surface area (Å²) in [7, 11) is 0. The maximum Gasteiger partial charge on any atom is 0.257 e. The van der Waals surface area contributed by atoms with E-state index in [0.29, 0.717) is 53.8 Å². The van der Waals surface area contributed by atoms with Gasteiger partial charge in [-0.3, -0.25) is 14.7 Å². The Morgan fingerprint density at radius 1 is 1.11 bits per heavy atom. The van der Waals surface area contributed by atoms with Crippen molar-refractivity contribution in [3.63, 3.8) is 0 Å². The summed E-state index contributed by atoms with van der Waals surface area (Å²) < 4.78 is 41.8. The van der Waals surface area contributed by atoms with Crippen LogP contribution in [0.25, 0.3) is 11.1 Å². The molecule has 38 heavy (non-hydrogen) atoms. The van der Waals surface area contributed by atoms with Crippen molar-refractivity contribution in [2.24, 2.45) is 0 Å². The van der Waals surface area contributed by atoms with E-state index in [4.69, 9.17) is 29.6 Å². The largest absolute Gasteiger partial charge is 0.352 e. The van der Waals surface area contributed by atoms with E-state index in [1.807, 2.05) is 4.90 Å². The molecule has 0 radical (unpaired) electrons. The van der Waals surface area contributed by atoms with Gasteiger partial charge in [-0.2, -0.15) is 0 Å². The summed E-state index contributed by atoms with van der Waals surface area (Å²) >= 11 is 12.8. The molecule has 1 N–H and O–H groups in total. The van der Waals surface area contributed by atoms with Crippen molar-refractivity contribution in [3.05, 3.63) is 69.8 Å². The number of hydrogen-bond donors (Lipinski definition) is 1. The van der Waals surface area contributed by atoms with Gasteiger partial charge in [-0.25, -0.2) is 18.2 Å². The van der Waals surface area contributed by atoms with Crippen LogP contribution in [-0.2, 0) is 0 Å². The molecular formula is C27H22Cl2F3N5O. The average Bonchev–Trinajstić information content (AvgIpc) is 2.86. The molecule has 2 saturated heterocycles. The van der Waals surface area contributed by atoms with Gasteiger partial charge in [0, 0.05) is 68.6 Å². The van der Waals surface area contributed by atoms with Gasteiger partial charge in [-0.05, 0) is 24.3 Å². The highest BCUT2D eigenvalue weighted by Crippen LogP contribution is 2.35. The maximum absolute atomic E-state index is 15.0. The van der Waals surface area contributed by atoms with Crippen molar-refractivity contribution in [1.29, 1.82) is 0 Å². The molecule has 6 nitrogen and oxygen atoms in total. The normalized spacial score (nSPS) is 17.5. The summed E-state index contributed by atoms with van der Waals surface area (Å²) in [5.41, 5.74) is 1.23. The Kier molecular flexibility index (Phi) is 7.23. The molecule has 196 valence electrons. The third-order valence-corrected chi connectivity index (χ3v) is 7.45. The lowest BCUT2D eigenvalue weighted by molar-refractivity contribution is -0.0650. The number of terminal acetylenes is 1. The van der Waals surface area contributed by atoms with E-state index in [0.717, 1.165) is 6.07 Å². The summed E-state index contributed by atoms with van der Waals surface area (Å²) in [6.45, 7) is 2.00. The predicted octanol–water partition coefficient (Wildman–Crippen LogP) is 5.74. The number of amides is 1. The highest BCUT2D eigenvalue weighted by molar-refractivity contribution is 6.35. The van der Waals surface area contributed by atoms with Crippen molar-refractivity contribution >= 4 is 40.6 Å². The SMILES string of the molecule is C#Cc1cnccc1-c1cc(Cl)c(C(=O)Nc2cnc(N3CC(N4CCC(F)(F)CC4)C3)c(Cl)c2)cc1F. The standard InChI is InChI=1S/C27H22Cl2F3N5O/c1-2-16-12-33-6-3-19(16)20-10-22(28)21(11-24(20)30)26(38)35-17-9-23(29)25(34-13-17)37-14-18(15-37)36-7-4-27(31,32)5-8-36/h1,3,6,9-13,18H,4-5,7-8,14-15H2,(H,35,38). The molecule has 0 aliphatic carbocycles. The molecule has 1 aromatic carbocycles. The Labute approximate surface area is 227 Å². The Balaban J connectivity index is 1.25. The summed E-state index contributed by atoms with van der Waals surface area (Å²) in [6.07, 6.45) is 9.62. The Morgan fingerprint density at radius 2 is 1.84 bits per heavy atom. The first kappa shape index (κ1) is 26.3. The van der Waals surface area contributed by atoms with Crippen LogP contribution in [0, 0.1) is 18.2 Å². The maximum atomic E-state index is 15.0. The second-order valence-electron chi connectivity index (χ2n) is 9.31. The molecule has 3 aromatic rings. The van der Waals surface area contributed by atoms with Crippen LogP contribution in [0.15, 0.2) is 42.9 Å². The van der Waals surface area contributed by atoms with Crippen molar-refractivity contribution in [1.82, 2.24) is 14.9 Å². The Hall–Kier alpha value is -3.32. The van der Waals surface area contributed by atoms with Crippen LogP contribution >= 0.6 is 23.2 Å².